The van der Waals surface area contributed by atoms with Crippen LogP contribution in [-0.4, -0.2) is 45.2 Å². The van der Waals surface area contributed by atoms with Crippen LogP contribution in [0.5, 0.6) is 0 Å². The van der Waals surface area contributed by atoms with Gasteiger partial charge in [-0.25, -0.2) is 13.1 Å². The van der Waals surface area contributed by atoms with Crippen LogP contribution in [0, 0.1) is 17.2 Å². The van der Waals surface area contributed by atoms with Gasteiger partial charge in [0.25, 0.3) is 0 Å². The molecule has 1 saturated heterocycles. The Hall–Kier alpha value is -0.640. The van der Waals surface area contributed by atoms with E-state index in [0.29, 0.717) is 12.5 Å². The van der Waals surface area contributed by atoms with E-state index >= 15 is 0 Å². The average molecular weight is 259 g/mol. The predicted molar refractivity (Wildman–Crippen MR) is 66.8 cm³/mol. The molecule has 1 aliphatic heterocycles. The van der Waals surface area contributed by atoms with Gasteiger partial charge in [0.1, 0.15) is 0 Å². The molecule has 1 rings (SSSR count). The van der Waals surface area contributed by atoms with Crippen molar-refractivity contribution in [3.8, 4) is 6.07 Å². The van der Waals surface area contributed by atoms with Gasteiger partial charge in [0.05, 0.1) is 6.07 Å². The zero-order valence-corrected chi connectivity index (χ0v) is 11.3. The van der Waals surface area contributed by atoms with Gasteiger partial charge in [0, 0.05) is 6.54 Å². The van der Waals surface area contributed by atoms with Crippen molar-refractivity contribution < 1.29 is 8.42 Å². The van der Waals surface area contributed by atoms with Gasteiger partial charge in [-0.1, -0.05) is 0 Å². The summed E-state index contributed by atoms with van der Waals surface area (Å²) >= 11 is 0. The number of hydrogen-bond donors (Lipinski definition) is 1. The zero-order valence-electron chi connectivity index (χ0n) is 10.5. The first-order valence-electron chi connectivity index (χ1n) is 6.02. The Kier molecular flexibility index (Phi) is 5.37. The summed E-state index contributed by atoms with van der Waals surface area (Å²) in [5.41, 5.74) is 0. The second-order valence-electron chi connectivity index (χ2n) is 4.75. The van der Waals surface area contributed by atoms with Crippen molar-refractivity contribution in [1.82, 2.24) is 9.62 Å². The molecule has 5 nitrogen and oxygen atoms in total. The first-order valence-corrected chi connectivity index (χ1v) is 7.57. The van der Waals surface area contributed by atoms with Gasteiger partial charge in [0.15, 0.2) is 5.25 Å². The molecular weight excluding hydrogens is 238 g/mol. The Morgan fingerprint density at radius 1 is 1.47 bits per heavy atom. The summed E-state index contributed by atoms with van der Waals surface area (Å²) in [5.74, 6) is 0.603. The van der Waals surface area contributed by atoms with Crippen LogP contribution in [0.3, 0.4) is 0 Å². The van der Waals surface area contributed by atoms with E-state index in [2.05, 4.69) is 16.7 Å². The molecule has 0 saturated carbocycles. The first-order chi connectivity index (χ1) is 7.95. The fraction of sp³-hybridized carbons (Fsp3) is 0.909. The number of nitriles is 1. The third-order valence-corrected chi connectivity index (χ3v) is 4.98. The molecule has 1 atom stereocenters. The second kappa shape index (κ2) is 6.34. The van der Waals surface area contributed by atoms with Crippen LogP contribution in [0.25, 0.3) is 0 Å². The molecule has 17 heavy (non-hydrogen) atoms. The van der Waals surface area contributed by atoms with Gasteiger partial charge in [-0.15, -0.1) is 0 Å². The van der Waals surface area contributed by atoms with E-state index in [1.807, 2.05) is 0 Å². The fourth-order valence-electron chi connectivity index (χ4n) is 1.95. The Balaban J connectivity index is 2.27. The summed E-state index contributed by atoms with van der Waals surface area (Å²) in [5, 5.41) is 7.60. The van der Waals surface area contributed by atoms with Crippen LogP contribution < -0.4 is 4.72 Å². The maximum absolute atomic E-state index is 11.5. The lowest BCUT2D eigenvalue weighted by molar-refractivity contribution is 0.213. The van der Waals surface area contributed by atoms with Gasteiger partial charge in [-0.05, 0) is 52.2 Å². The Morgan fingerprint density at radius 3 is 2.59 bits per heavy atom. The third-order valence-electron chi connectivity index (χ3n) is 3.34. The highest BCUT2D eigenvalue weighted by Gasteiger charge is 2.21. The number of piperidine rings is 1. The Labute approximate surface area is 104 Å². The van der Waals surface area contributed by atoms with E-state index in [0.717, 1.165) is 32.4 Å². The van der Waals surface area contributed by atoms with Crippen molar-refractivity contribution >= 4 is 10.0 Å². The zero-order chi connectivity index (χ0) is 12.9. The van der Waals surface area contributed by atoms with Crippen molar-refractivity contribution in [2.45, 2.75) is 31.4 Å². The highest BCUT2D eigenvalue weighted by atomic mass is 32.2. The molecule has 0 bridgehead atoms. The summed E-state index contributed by atoms with van der Waals surface area (Å²) in [4.78, 5) is 2.29. The minimum atomic E-state index is -3.44. The molecule has 0 aromatic rings. The van der Waals surface area contributed by atoms with Gasteiger partial charge in [-0.2, -0.15) is 5.26 Å². The third kappa shape index (κ3) is 4.62. The van der Waals surface area contributed by atoms with Crippen LogP contribution in [-0.2, 0) is 10.0 Å². The lowest BCUT2D eigenvalue weighted by atomic mass is 9.94. The summed E-state index contributed by atoms with van der Waals surface area (Å²) in [6.45, 7) is 4.03. The quantitative estimate of drug-likeness (QED) is 0.782. The molecule has 1 aliphatic rings. The van der Waals surface area contributed by atoms with Gasteiger partial charge in [0.2, 0.25) is 10.0 Å². The van der Waals surface area contributed by atoms with Gasteiger partial charge >= 0.3 is 0 Å². The molecule has 6 heteroatoms. The molecule has 1 fully saturated rings. The maximum atomic E-state index is 11.5. The summed E-state index contributed by atoms with van der Waals surface area (Å²) in [7, 11) is -1.34. The molecule has 0 aromatic heterocycles. The van der Waals surface area contributed by atoms with Crippen LogP contribution in [0.1, 0.15) is 26.2 Å². The van der Waals surface area contributed by atoms with E-state index in [9.17, 15) is 8.42 Å². The van der Waals surface area contributed by atoms with E-state index in [-0.39, 0.29) is 0 Å². The van der Waals surface area contributed by atoms with Crippen LogP contribution in [0.4, 0.5) is 0 Å². The number of nitrogens with zero attached hydrogens (tertiary/aromatic N) is 2. The SMILES string of the molecule is CC(C#N)S(=O)(=O)NCCC1CCN(C)CC1. The molecule has 1 unspecified atom stereocenters. The number of rotatable bonds is 5. The number of sulfonamides is 1. The van der Waals surface area contributed by atoms with Crippen molar-refractivity contribution in [1.29, 1.82) is 5.26 Å². The lowest BCUT2D eigenvalue weighted by Crippen LogP contribution is -2.35. The largest absolute Gasteiger partial charge is 0.306 e. The topological polar surface area (TPSA) is 73.2 Å². The van der Waals surface area contributed by atoms with Gasteiger partial charge < -0.3 is 4.90 Å². The maximum Gasteiger partial charge on any atom is 0.227 e. The smallest absolute Gasteiger partial charge is 0.227 e. The molecule has 0 aromatic carbocycles. The number of likely N-dealkylation sites (tertiary alicyclic amines) is 1. The number of hydrogen-bond acceptors (Lipinski definition) is 4. The first kappa shape index (κ1) is 14.4. The Morgan fingerprint density at radius 2 is 2.06 bits per heavy atom. The summed E-state index contributed by atoms with van der Waals surface area (Å²) in [6, 6.07) is 1.74. The Bertz CT molecular complexity index is 367. The monoisotopic (exact) mass is 259 g/mol. The molecule has 0 aliphatic carbocycles. The fourth-order valence-corrected chi connectivity index (χ4v) is 2.74. The molecule has 1 N–H and O–H groups in total. The van der Waals surface area contributed by atoms with Crippen LogP contribution in [0.2, 0.25) is 0 Å². The lowest BCUT2D eigenvalue weighted by Gasteiger charge is -2.28. The normalized spacial score (nSPS) is 21.0. The molecule has 0 amide bonds. The molecule has 0 radical (unpaired) electrons. The highest BCUT2D eigenvalue weighted by molar-refractivity contribution is 7.90. The molecule has 98 valence electrons. The molecule has 1 heterocycles. The van der Waals surface area contributed by atoms with E-state index in [4.69, 9.17) is 5.26 Å². The second-order valence-corrected chi connectivity index (χ2v) is 6.83. The summed E-state index contributed by atoms with van der Waals surface area (Å²) in [6.07, 6.45) is 3.13. The van der Waals surface area contributed by atoms with E-state index in [1.54, 1.807) is 6.07 Å². The summed E-state index contributed by atoms with van der Waals surface area (Å²) < 4.78 is 25.5. The van der Waals surface area contributed by atoms with Crippen molar-refractivity contribution in [2.75, 3.05) is 26.7 Å². The van der Waals surface area contributed by atoms with Gasteiger partial charge in [-0.3, -0.25) is 0 Å². The standard InChI is InChI=1S/C11H21N3O2S/c1-10(9-12)17(15,16)13-6-3-11-4-7-14(2)8-5-11/h10-11,13H,3-8H2,1-2H3. The number of nitrogens with one attached hydrogen (secondary N) is 1. The molecular formula is C11H21N3O2S. The van der Waals surface area contributed by atoms with Crippen LogP contribution in [0.15, 0.2) is 0 Å². The highest BCUT2D eigenvalue weighted by Crippen LogP contribution is 2.18. The van der Waals surface area contributed by atoms with Crippen molar-refractivity contribution in [3.63, 3.8) is 0 Å². The molecule has 0 spiro atoms. The van der Waals surface area contributed by atoms with E-state index < -0.39 is 15.3 Å². The average Bonchev–Trinajstić information content (AvgIpc) is 2.30. The minimum Gasteiger partial charge on any atom is -0.306 e. The minimum absolute atomic E-state index is 0.447. The van der Waals surface area contributed by atoms with Crippen molar-refractivity contribution in [3.05, 3.63) is 0 Å². The van der Waals surface area contributed by atoms with Crippen LogP contribution >= 0.6 is 0 Å². The predicted octanol–water partition coefficient (Wildman–Crippen LogP) is 0.550. The van der Waals surface area contributed by atoms with Crippen molar-refractivity contribution in [2.24, 2.45) is 5.92 Å². The van der Waals surface area contributed by atoms with E-state index in [1.165, 1.54) is 6.92 Å².